The molecular formula is C24H28ClFN2O3. The van der Waals surface area contributed by atoms with Crippen LogP contribution in [0.4, 0.5) is 4.39 Å². The Hall–Kier alpha value is -2.60. The maximum Gasteiger partial charge on any atom is 0.261 e. The van der Waals surface area contributed by atoms with Crippen LogP contribution in [0.1, 0.15) is 44.6 Å². The highest BCUT2D eigenvalue weighted by atomic mass is 35.5. The molecule has 0 saturated heterocycles. The first kappa shape index (κ1) is 23.1. The predicted octanol–water partition coefficient (Wildman–Crippen LogP) is 4.72. The van der Waals surface area contributed by atoms with E-state index < -0.39 is 6.04 Å². The number of ether oxygens (including phenoxy) is 1. The van der Waals surface area contributed by atoms with Gasteiger partial charge in [-0.2, -0.15) is 0 Å². The maximum atomic E-state index is 13.1. The number of rotatable bonds is 8. The van der Waals surface area contributed by atoms with E-state index in [1.54, 1.807) is 19.1 Å². The van der Waals surface area contributed by atoms with E-state index in [1.165, 1.54) is 35.6 Å². The number of carbonyl (C=O) groups excluding carboxylic acids is 2. The fourth-order valence-electron chi connectivity index (χ4n) is 3.74. The molecule has 1 fully saturated rings. The first-order chi connectivity index (χ1) is 14.9. The molecule has 2 aromatic rings. The molecule has 31 heavy (non-hydrogen) atoms. The van der Waals surface area contributed by atoms with Crippen molar-refractivity contribution in [2.24, 2.45) is 0 Å². The third kappa shape index (κ3) is 6.96. The second-order valence-corrected chi connectivity index (χ2v) is 8.35. The molecule has 0 heterocycles. The van der Waals surface area contributed by atoms with Gasteiger partial charge in [0.05, 0.1) is 0 Å². The molecule has 166 valence electrons. The first-order valence-electron chi connectivity index (χ1n) is 10.6. The van der Waals surface area contributed by atoms with Gasteiger partial charge >= 0.3 is 0 Å². The fourth-order valence-corrected chi connectivity index (χ4v) is 3.96. The van der Waals surface area contributed by atoms with E-state index in [0.29, 0.717) is 10.8 Å². The molecule has 2 amide bonds. The quantitative estimate of drug-likeness (QED) is 0.638. The monoisotopic (exact) mass is 446 g/mol. The highest BCUT2D eigenvalue weighted by Gasteiger charge is 2.28. The zero-order chi connectivity index (χ0) is 22.2. The third-order valence-electron chi connectivity index (χ3n) is 5.54. The van der Waals surface area contributed by atoms with Crippen LogP contribution in [-0.2, 0) is 16.1 Å². The lowest BCUT2D eigenvalue weighted by molar-refractivity contribution is -0.142. The Morgan fingerprint density at radius 1 is 1.16 bits per heavy atom. The minimum absolute atomic E-state index is 0.155. The minimum atomic E-state index is -0.676. The van der Waals surface area contributed by atoms with Gasteiger partial charge < -0.3 is 15.0 Å². The van der Waals surface area contributed by atoms with Crippen molar-refractivity contribution >= 4 is 23.4 Å². The van der Waals surface area contributed by atoms with Crippen molar-refractivity contribution in [3.63, 3.8) is 0 Å². The predicted molar refractivity (Wildman–Crippen MR) is 118 cm³/mol. The molecule has 0 aliphatic heterocycles. The maximum absolute atomic E-state index is 13.1. The van der Waals surface area contributed by atoms with Crippen LogP contribution < -0.4 is 10.1 Å². The number of carbonyl (C=O) groups is 2. The summed E-state index contributed by atoms with van der Waals surface area (Å²) in [6, 6.07) is 12.1. The van der Waals surface area contributed by atoms with Crippen LogP contribution in [0.15, 0.2) is 48.5 Å². The van der Waals surface area contributed by atoms with E-state index in [4.69, 9.17) is 16.3 Å². The third-order valence-corrected chi connectivity index (χ3v) is 5.77. The van der Waals surface area contributed by atoms with Gasteiger partial charge in [-0.15, -0.1) is 0 Å². The van der Waals surface area contributed by atoms with E-state index >= 15 is 0 Å². The number of benzene rings is 2. The van der Waals surface area contributed by atoms with Crippen molar-refractivity contribution in [1.29, 1.82) is 0 Å². The summed E-state index contributed by atoms with van der Waals surface area (Å²) in [6.45, 7) is 1.69. The van der Waals surface area contributed by atoms with Crippen LogP contribution in [0.3, 0.4) is 0 Å². The van der Waals surface area contributed by atoms with Crippen LogP contribution in [-0.4, -0.2) is 35.4 Å². The molecule has 7 heteroatoms. The van der Waals surface area contributed by atoms with Crippen LogP contribution >= 0.6 is 11.6 Å². The summed E-state index contributed by atoms with van der Waals surface area (Å²) in [7, 11) is 0. The molecule has 0 spiro atoms. The Kier molecular flexibility index (Phi) is 8.29. The van der Waals surface area contributed by atoms with Gasteiger partial charge in [0.2, 0.25) is 5.91 Å². The second-order valence-electron chi connectivity index (χ2n) is 7.91. The fraction of sp³-hybridized carbons (Fsp3) is 0.417. The zero-order valence-electron chi connectivity index (χ0n) is 17.7. The first-order valence-corrected chi connectivity index (χ1v) is 11.0. The average molecular weight is 447 g/mol. The van der Waals surface area contributed by atoms with Gasteiger partial charge in [-0.25, -0.2) is 4.39 Å². The topological polar surface area (TPSA) is 58.6 Å². The van der Waals surface area contributed by atoms with Crippen molar-refractivity contribution in [3.05, 3.63) is 64.9 Å². The van der Waals surface area contributed by atoms with Crippen LogP contribution in [0.2, 0.25) is 5.02 Å². The lowest BCUT2D eigenvalue weighted by Gasteiger charge is -2.31. The molecule has 1 atom stereocenters. The molecule has 1 N–H and O–H groups in total. The van der Waals surface area contributed by atoms with E-state index in [-0.39, 0.29) is 36.8 Å². The molecule has 0 radical (unpaired) electrons. The average Bonchev–Trinajstić information content (AvgIpc) is 2.77. The van der Waals surface area contributed by atoms with Gasteiger partial charge in [0.15, 0.2) is 6.61 Å². The highest BCUT2D eigenvalue weighted by molar-refractivity contribution is 6.30. The molecular weight excluding hydrogens is 419 g/mol. The molecule has 0 aromatic heterocycles. The number of amides is 2. The van der Waals surface area contributed by atoms with E-state index in [2.05, 4.69) is 5.32 Å². The lowest BCUT2D eigenvalue weighted by Crippen LogP contribution is -2.51. The molecule has 2 aromatic carbocycles. The van der Waals surface area contributed by atoms with Crippen molar-refractivity contribution in [2.45, 2.75) is 57.7 Å². The number of nitrogens with one attached hydrogen (secondary N) is 1. The Balaban J connectivity index is 1.70. The SMILES string of the molecule is C[C@H](C(=O)NC1CCCCC1)N(Cc1cccc(Cl)c1)C(=O)COc1ccc(F)cc1. The number of hydrogen-bond acceptors (Lipinski definition) is 3. The second kappa shape index (κ2) is 11.1. The molecule has 0 bridgehead atoms. The summed E-state index contributed by atoms with van der Waals surface area (Å²) in [6.07, 6.45) is 5.34. The summed E-state index contributed by atoms with van der Waals surface area (Å²) in [5, 5.41) is 3.65. The Bertz CT molecular complexity index is 885. The number of hydrogen-bond donors (Lipinski definition) is 1. The van der Waals surface area contributed by atoms with Crippen LogP contribution in [0, 0.1) is 5.82 Å². The summed E-state index contributed by atoms with van der Waals surface area (Å²) in [5.74, 6) is -0.509. The molecule has 1 saturated carbocycles. The molecule has 1 aliphatic rings. The van der Waals surface area contributed by atoms with Gasteiger partial charge in [-0.3, -0.25) is 9.59 Å². The molecule has 0 unspecified atom stereocenters. The largest absolute Gasteiger partial charge is 0.484 e. The summed E-state index contributed by atoms with van der Waals surface area (Å²) < 4.78 is 18.6. The van der Waals surface area contributed by atoms with Gasteiger partial charge in [-0.1, -0.05) is 43.0 Å². The Morgan fingerprint density at radius 3 is 2.55 bits per heavy atom. The van der Waals surface area contributed by atoms with Crippen molar-refractivity contribution in [1.82, 2.24) is 10.2 Å². The molecule has 3 rings (SSSR count). The molecule has 5 nitrogen and oxygen atoms in total. The highest BCUT2D eigenvalue weighted by Crippen LogP contribution is 2.19. The van der Waals surface area contributed by atoms with E-state index in [9.17, 15) is 14.0 Å². The van der Waals surface area contributed by atoms with Crippen LogP contribution in [0.25, 0.3) is 0 Å². The Morgan fingerprint density at radius 2 is 1.87 bits per heavy atom. The van der Waals surface area contributed by atoms with Crippen LogP contribution in [0.5, 0.6) is 5.75 Å². The molecule has 1 aliphatic carbocycles. The van der Waals surface area contributed by atoms with E-state index in [0.717, 1.165) is 31.2 Å². The summed E-state index contributed by atoms with van der Waals surface area (Å²) in [5.41, 5.74) is 0.819. The standard InChI is InChI=1S/C24H28ClFN2O3/c1-17(24(30)27-21-8-3-2-4-9-21)28(15-18-6-5-7-19(25)14-18)23(29)16-31-22-12-10-20(26)11-13-22/h5-7,10-14,17,21H,2-4,8-9,15-16H2,1H3,(H,27,30)/t17-/m1/s1. The zero-order valence-corrected chi connectivity index (χ0v) is 18.4. The van der Waals surface area contributed by atoms with Gasteiger partial charge in [-0.05, 0) is 61.7 Å². The normalized spacial score (nSPS) is 15.2. The number of nitrogens with zero attached hydrogens (tertiary/aromatic N) is 1. The summed E-state index contributed by atoms with van der Waals surface area (Å²) in [4.78, 5) is 27.4. The van der Waals surface area contributed by atoms with Crippen molar-refractivity contribution < 1.29 is 18.7 Å². The van der Waals surface area contributed by atoms with Gasteiger partial charge in [0, 0.05) is 17.6 Å². The minimum Gasteiger partial charge on any atom is -0.484 e. The van der Waals surface area contributed by atoms with E-state index in [1.807, 2.05) is 12.1 Å². The van der Waals surface area contributed by atoms with Gasteiger partial charge in [0.25, 0.3) is 5.91 Å². The van der Waals surface area contributed by atoms with Crippen molar-refractivity contribution in [3.8, 4) is 5.75 Å². The Labute approximate surface area is 187 Å². The summed E-state index contributed by atoms with van der Waals surface area (Å²) >= 11 is 6.09. The number of halogens is 2. The lowest BCUT2D eigenvalue weighted by atomic mass is 9.95. The smallest absolute Gasteiger partial charge is 0.261 e. The van der Waals surface area contributed by atoms with Gasteiger partial charge in [0.1, 0.15) is 17.6 Å². The van der Waals surface area contributed by atoms with Crippen molar-refractivity contribution in [2.75, 3.05) is 6.61 Å².